The number of ketones is 1. The first-order valence-electron chi connectivity index (χ1n) is 5.69. The number of amides is 1. The Labute approximate surface area is 122 Å². The quantitative estimate of drug-likeness (QED) is 0.535. The third-order valence-corrected chi connectivity index (χ3v) is 2.47. The Morgan fingerprint density at radius 3 is 1.95 bits per heavy atom. The first kappa shape index (κ1) is 15.2. The van der Waals surface area contributed by atoms with Gasteiger partial charge in [-0.2, -0.15) is 0 Å². The second-order valence-electron chi connectivity index (χ2n) is 3.88. The summed E-state index contributed by atoms with van der Waals surface area (Å²) in [6, 6.07) is 17.9. The molecule has 0 unspecified atom stereocenters. The molecule has 0 aliphatic carbocycles. The van der Waals surface area contributed by atoms with Crippen LogP contribution in [0.2, 0.25) is 0 Å². The van der Waals surface area contributed by atoms with Gasteiger partial charge in [0.1, 0.15) is 0 Å². The van der Waals surface area contributed by atoms with Crippen molar-refractivity contribution in [2.45, 2.75) is 6.42 Å². The van der Waals surface area contributed by atoms with E-state index in [2.05, 4.69) is 5.32 Å². The number of nitrogens with one attached hydrogen (secondary N) is 1. The van der Waals surface area contributed by atoms with Crippen LogP contribution in [0.5, 0.6) is 0 Å². The number of hydrogen-bond donors (Lipinski definition) is 1. The van der Waals surface area contributed by atoms with Gasteiger partial charge in [0, 0.05) is 28.3 Å². The summed E-state index contributed by atoms with van der Waals surface area (Å²) in [6.45, 7) is 0. The van der Waals surface area contributed by atoms with E-state index in [1.165, 1.54) is 0 Å². The minimum Gasteiger partial charge on any atom is -0.326 e. The first-order valence-corrected chi connectivity index (χ1v) is 5.69. The number of carbonyl (C=O) groups excluding carboxylic acids is 2. The fraction of sp³-hybridized carbons (Fsp3) is 0.0667. The predicted octanol–water partition coefficient (Wildman–Crippen LogP) is 2.90. The van der Waals surface area contributed by atoms with E-state index in [1.54, 1.807) is 36.4 Å². The summed E-state index contributed by atoms with van der Waals surface area (Å²) in [6.07, 6.45) is -0.140. The standard InChI is InChI=1S/C15H13NO2.Fe/c17-14(12-7-3-1-4-8-12)11-15(18)16-13-9-5-2-6-10-13;/h1-10H,11H2,(H,16,18);. The third-order valence-electron chi connectivity index (χ3n) is 2.47. The largest absolute Gasteiger partial charge is 0.326 e. The molecule has 0 aliphatic heterocycles. The maximum absolute atomic E-state index is 11.8. The smallest absolute Gasteiger partial charge is 0.232 e. The van der Waals surface area contributed by atoms with Crippen molar-refractivity contribution in [2.24, 2.45) is 0 Å². The summed E-state index contributed by atoms with van der Waals surface area (Å²) in [5.41, 5.74) is 1.25. The molecule has 98 valence electrons. The van der Waals surface area contributed by atoms with Crippen LogP contribution < -0.4 is 5.32 Å². The van der Waals surface area contributed by atoms with Crippen LogP contribution in [0, 0.1) is 0 Å². The van der Waals surface area contributed by atoms with E-state index in [-0.39, 0.29) is 35.2 Å². The number of Topliss-reactive ketones (excluding diaryl/α,β-unsaturated/α-hetero) is 1. The van der Waals surface area contributed by atoms with Crippen LogP contribution in [-0.4, -0.2) is 11.7 Å². The van der Waals surface area contributed by atoms with Crippen molar-refractivity contribution in [3.63, 3.8) is 0 Å². The minimum atomic E-state index is -0.296. The molecule has 0 aromatic heterocycles. The van der Waals surface area contributed by atoms with Crippen molar-refractivity contribution in [2.75, 3.05) is 5.32 Å². The number of rotatable bonds is 4. The van der Waals surface area contributed by atoms with Crippen molar-refractivity contribution < 1.29 is 26.7 Å². The van der Waals surface area contributed by atoms with Gasteiger partial charge in [-0.15, -0.1) is 0 Å². The van der Waals surface area contributed by atoms with Gasteiger partial charge in [-0.3, -0.25) is 9.59 Å². The zero-order valence-electron chi connectivity index (χ0n) is 10.2. The van der Waals surface area contributed by atoms with E-state index >= 15 is 0 Å². The average molecular weight is 295 g/mol. The first-order chi connectivity index (χ1) is 8.75. The molecule has 2 rings (SSSR count). The topological polar surface area (TPSA) is 46.2 Å². The van der Waals surface area contributed by atoms with Crippen LogP contribution in [0.4, 0.5) is 5.69 Å². The maximum Gasteiger partial charge on any atom is 0.232 e. The Bertz CT molecular complexity index is 541. The predicted molar refractivity (Wildman–Crippen MR) is 70.5 cm³/mol. The zero-order chi connectivity index (χ0) is 12.8. The molecule has 2 aromatic rings. The number of hydrogen-bond acceptors (Lipinski definition) is 2. The minimum absolute atomic E-state index is 0. The molecule has 0 spiro atoms. The Kier molecular flexibility index (Phi) is 6.00. The molecule has 4 heteroatoms. The SMILES string of the molecule is O=C(CC(=O)c1ccccc1)Nc1ccccc1.[Fe]. The van der Waals surface area contributed by atoms with E-state index < -0.39 is 0 Å². The maximum atomic E-state index is 11.8. The monoisotopic (exact) mass is 295 g/mol. The fourth-order valence-corrected chi connectivity index (χ4v) is 1.60. The third kappa shape index (κ3) is 4.70. The summed E-state index contributed by atoms with van der Waals surface area (Å²) in [7, 11) is 0. The molecule has 19 heavy (non-hydrogen) atoms. The van der Waals surface area contributed by atoms with Crippen LogP contribution in [0.1, 0.15) is 16.8 Å². The molecule has 0 saturated carbocycles. The zero-order valence-corrected chi connectivity index (χ0v) is 11.3. The van der Waals surface area contributed by atoms with Gasteiger partial charge in [0.2, 0.25) is 5.91 Å². The van der Waals surface area contributed by atoms with Crippen molar-refractivity contribution in [1.29, 1.82) is 0 Å². The molecule has 0 saturated heterocycles. The summed E-state index contributed by atoms with van der Waals surface area (Å²) in [5, 5.41) is 2.68. The molecule has 0 radical (unpaired) electrons. The molecule has 0 atom stereocenters. The Morgan fingerprint density at radius 1 is 0.842 bits per heavy atom. The molecule has 3 nitrogen and oxygen atoms in total. The van der Waals surface area contributed by atoms with E-state index in [1.807, 2.05) is 24.3 Å². The second-order valence-corrected chi connectivity index (χ2v) is 3.88. The summed E-state index contributed by atoms with van der Waals surface area (Å²) < 4.78 is 0. The van der Waals surface area contributed by atoms with Gasteiger partial charge >= 0.3 is 0 Å². The van der Waals surface area contributed by atoms with Crippen molar-refractivity contribution in [3.8, 4) is 0 Å². The van der Waals surface area contributed by atoms with Gasteiger partial charge < -0.3 is 5.32 Å². The molecule has 1 amide bonds. The van der Waals surface area contributed by atoms with Crippen molar-refractivity contribution in [1.82, 2.24) is 0 Å². The second kappa shape index (κ2) is 7.52. The van der Waals surface area contributed by atoms with Gasteiger partial charge in [-0.25, -0.2) is 0 Å². The molecule has 0 fully saturated rings. The Hall–Kier alpha value is -1.90. The van der Waals surface area contributed by atoms with Gasteiger partial charge in [0.25, 0.3) is 0 Å². The number of carbonyl (C=O) groups is 2. The van der Waals surface area contributed by atoms with Crippen molar-refractivity contribution in [3.05, 3.63) is 66.2 Å². The van der Waals surface area contributed by atoms with Crippen LogP contribution in [-0.2, 0) is 21.9 Å². The molecule has 1 N–H and O–H groups in total. The Balaban J connectivity index is 0.00000180. The summed E-state index contributed by atoms with van der Waals surface area (Å²) in [5.74, 6) is -0.473. The van der Waals surface area contributed by atoms with Crippen LogP contribution >= 0.6 is 0 Å². The molecular formula is C15H13FeNO2. The molecule has 0 aliphatic rings. The van der Waals surface area contributed by atoms with Gasteiger partial charge in [0.05, 0.1) is 6.42 Å². The Morgan fingerprint density at radius 2 is 1.37 bits per heavy atom. The van der Waals surface area contributed by atoms with E-state index in [0.717, 1.165) is 0 Å². The molecule has 0 bridgehead atoms. The summed E-state index contributed by atoms with van der Waals surface area (Å²) >= 11 is 0. The van der Waals surface area contributed by atoms with E-state index in [4.69, 9.17) is 0 Å². The fourth-order valence-electron chi connectivity index (χ4n) is 1.60. The normalized spacial score (nSPS) is 9.26. The average Bonchev–Trinajstić information content (AvgIpc) is 2.40. The van der Waals surface area contributed by atoms with Crippen LogP contribution in [0.3, 0.4) is 0 Å². The molecule has 0 heterocycles. The van der Waals surface area contributed by atoms with Crippen LogP contribution in [0.15, 0.2) is 60.7 Å². The molecular weight excluding hydrogens is 282 g/mol. The number of benzene rings is 2. The molecule has 2 aromatic carbocycles. The number of para-hydroxylation sites is 1. The van der Waals surface area contributed by atoms with Crippen molar-refractivity contribution >= 4 is 17.4 Å². The number of anilines is 1. The van der Waals surface area contributed by atoms with Gasteiger partial charge in [-0.05, 0) is 12.1 Å². The van der Waals surface area contributed by atoms with Gasteiger partial charge in [0.15, 0.2) is 5.78 Å². The van der Waals surface area contributed by atoms with Gasteiger partial charge in [-0.1, -0.05) is 48.5 Å². The van der Waals surface area contributed by atoms with Crippen LogP contribution in [0.25, 0.3) is 0 Å². The summed E-state index contributed by atoms with van der Waals surface area (Å²) in [4.78, 5) is 23.4. The van der Waals surface area contributed by atoms with E-state index in [0.29, 0.717) is 11.3 Å². The van der Waals surface area contributed by atoms with E-state index in [9.17, 15) is 9.59 Å².